The van der Waals surface area contributed by atoms with Gasteiger partial charge in [0.15, 0.2) is 0 Å². The van der Waals surface area contributed by atoms with Crippen molar-refractivity contribution in [1.29, 1.82) is 0 Å². The number of anilines is 2. The number of nitrogens with zero attached hydrogens (tertiary/aromatic N) is 1. The number of aliphatic hydroxyl groups excluding tert-OH is 1. The molecule has 1 aliphatic rings. The lowest BCUT2D eigenvalue weighted by Crippen LogP contribution is -2.35. The Hall–Kier alpha value is -2.00. The highest BCUT2D eigenvalue weighted by molar-refractivity contribution is 5.70. The van der Waals surface area contributed by atoms with Gasteiger partial charge in [0.25, 0.3) is 0 Å². The van der Waals surface area contributed by atoms with E-state index in [0.717, 1.165) is 32.5 Å². The fourth-order valence-electron chi connectivity index (χ4n) is 3.42. The maximum Gasteiger partial charge on any atom is 0.0602 e. The molecule has 0 amide bonds. The highest BCUT2D eigenvalue weighted by Crippen LogP contribution is 2.30. The van der Waals surface area contributed by atoms with Crippen LogP contribution in [0.4, 0.5) is 11.4 Å². The first-order valence-corrected chi connectivity index (χ1v) is 9.01. The van der Waals surface area contributed by atoms with Crippen LogP contribution in [0.25, 0.3) is 0 Å². The molecule has 2 aromatic rings. The van der Waals surface area contributed by atoms with Crippen molar-refractivity contribution in [2.45, 2.75) is 25.7 Å². The maximum absolute atomic E-state index is 9.33. The van der Waals surface area contributed by atoms with Gasteiger partial charge in [-0.25, -0.2) is 0 Å². The lowest BCUT2D eigenvalue weighted by Gasteiger charge is -2.34. The van der Waals surface area contributed by atoms with Crippen LogP contribution in [0.2, 0.25) is 0 Å². The van der Waals surface area contributed by atoms with Gasteiger partial charge in [-0.2, -0.15) is 0 Å². The predicted molar refractivity (Wildman–Crippen MR) is 102 cm³/mol. The fraction of sp³-hybridized carbons (Fsp3) is 0.429. The van der Waals surface area contributed by atoms with E-state index in [1.165, 1.54) is 16.9 Å². The molecule has 3 nitrogen and oxygen atoms in total. The third kappa shape index (κ3) is 4.09. The van der Waals surface area contributed by atoms with E-state index in [2.05, 4.69) is 71.7 Å². The van der Waals surface area contributed by atoms with Gasteiger partial charge in [-0.15, -0.1) is 0 Å². The lowest BCUT2D eigenvalue weighted by molar-refractivity contribution is 0.203. The number of aliphatic hydroxyl groups is 1. The van der Waals surface area contributed by atoms with E-state index in [-0.39, 0.29) is 0 Å². The van der Waals surface area contributed by atoms with Crippen molar-refractivity contribution in [3.05, 3.63) is 60.2 Å². The standard InChI is InChI=1S/C21H28N2O/c1-17(19-7-3-2-4-8-19)15-22-20-9-5-6-10-21(20)23-13-11-18(16-24)12-14-23/h2-10,17-18,22,24H,11-16H2,1H3. The molecule has 1 aliphatic heterocycles. The molecule has 2 aromatic carbocycles. The van der Waals surface area contributed by atoms with Crippen molar-refractivity contribution in [3.8, 4) is 0 Å². The van der Waals surface area contributed by atoms with Crippen molar-refractivity contribution in [1.82, 2.24) is 0 Å². The van der Waals surface area contributed by atoms with Gasteiger partial charge in [0.2, 0.25) is 0 Å². The number of rotatable bonds is 6. The first kappa shape index (κ1) is 16.8. The van der Waals surface area contributed by atoms with Crippen LogP contribution >= 0.6 is 0 Å². The number of hydrogen-bond donors (Lipinski definition) is 2. The lowest BCUT2D eigenvalue weighted by atomic mass is 9.97. The van der Waals surface area contributed by atoms with Gasteiger partial charge in [-0.05, 0) is 42.4 Å². The van der Waals surface area contributed by atoms with E-state index in [9.17, 15) is 5.11 Å². The average Bonchev–Trinajstić information content (AvgIpc) is 2.67. The summed E-state index contributed by atoms with van der Waals surface area (Å²) in [4.78, 5) is 2.45. The molecule has 1 heterocycles. The summed E-state index contributed by atoms with van der Waals surface area (Å²) in [7, 11) is 0. The zero-order valence-corrected chi connectivity index (χ0v) is 14.5. The predicted octanol–water partition coefficient (Wildman–Crippen LogP) is 4.11. The van der Waals surface area contributed by atoms with Crippen LogP contribution in [-0.2, 0) is 0 Å². The van der Waals surface area contributed by atoms with Crippen molar-refractivity contribution < 1.29 is 5.11 Å². The second kappa shape index (κ2) is 8.20. The molecular weight excluding hydrogens is 296 g/mol. The molecule has 0 aliphatic carbocycles. The molecular formula is C21H28N2O. The average molecular weight is 324 g/mol. The monoisotopic (exact) mass is 324 g/mol. The number of piperidine rings is 1. The summed E-state index contributed by atoms with van der Waals surface area (Å²) in [6.45, 7) is 5.56. The smallest absolute Gasteiger partial charge is 0.0602 e. The summed E-state index contributed by atoms with van der Waals surface area (Å²) in [6.07, 6.45) is 2.15. The number of benzene rings is 2. The minimum atomic E-state index is 0.322. The first-order valence-electron chi connectivity index (χ1n) is 9.01. The summed E-state index contributed by atoms with van der Waals surface area (Å²) in [5.41, 5.74) is 3.86. The van der Waals surface area contributed by atoms with Crippen LogP contribution in [0.3, 0.4) is 0 Å². The van der Waals surface area contributed by atoms with Gasteiger partial charge in [0.05, 0.1) is 11.4 Å². The number of hydrogen-bond acceptors (Lipinski definition) is 3. The van der Waals surface area contributed by atoms with Gasteiger partial charge in [-0.1, -0.05) is 49.4 Å². The first-order chi connectivity index (χ1) is 11.8. The summed E-state index contributed by atoms with van der Waals surface area (Å²) in [5.74, 6) is 0.943. The van der Waals surface area contributed by atoms with Crippen LogP contribution in [0, 0.1) is 5.92 Å². The zero-order valence-electron chi connectivity index (χ0n) is 14.5. The van der Waals surface area contributed by atoms with E-state index in [1.807, 2.05) is 0 Å². The Balaban J connectivity index is 1.64. The second-order valence-corrected chi connectivity index (χ2v) is 6.82. The molecule has 3 rings (SSSR count). The van der Waals surface area contributed by atoms with Crippen molar-refractivity contribution in [2.24, 2.45) is 5.92 Å². The van der Waals surface area contributed by atoms with E-state index in [0.29, 0.717) is 18.4 Å². The van der Waals surface area contributed by atoms with Gasteiger partial charge >= 0.3 is 0 Å². The SMILES string of the molecule is CC(CNc1ccccc1N1CCC(CO)CC1)c1ccccc1. The number of para-hydroxylation sites is 2. The highest BCUT2D eigenvalue weighted by atomic mass is 16.3. The third-order valence-electron chi connectivity index (χ3n) is 5.08. The quantitative estimate of drug-likeness (QED) is 0.839. The van der Waals surface area contributed by atoms with Crippen LogP contribution in [0.1, 0.15) is 31.2 Å². The molecule has 1 unspecified atom stereocenters. The summed E-state index contributed by atoms with van der Waals surface area (Å²) in [6, 6.07) is 19.2. The molecule has 0 saturated carbocycles. The van der Waals surface area contributed by atoms with Crippen molar-refractivity contribution in [2.75, 3.05) is 36.5 Å². The molecule has 0 spiro atoms. The fourth-order valence-corrected chi connectivity index (χ4v) is 3.42. The summed E-state index contributed by atoms with van der Waals surface area (Å²) < 4.78 is 0. The minimum absolute atomic E-state index is 0.322. The Morgan fingerprint density at radius 3 is 2.42 bits per heavy atom. The number of nitrogens with one attached hydrogen (secondary N) is 1. The molecule has 1 fully saturated rings. The molecule has 0 aromatic heterocycles. The molecule has 3 heteroatoms. The summed E-state index contributed by atoms with van der Waals surface area (Å²) in [5, 5.41) is 13.0. The van der Waals surface area contributed by atoms with Crippen LogP contribution in [-0.4, -0.2) is 31.3 Å². The van der Waals surface area contributed by atoms with Gasteiger partial charge in [-0.3, -0.25) is 0 Å². The molecule has 24 heavy (non-hydrogen) atoms. The zero-order chi connectivity index (χ0) is 16.8. The normalized spacial score (nSPS) is 16.8. The van der Waals surface area contributed by atoms with Crippen LogP contribution < -0.4 is 10.2 Å². The summed E-state index contributed by atoms with van der Waals surface area (Å²) >= 11 is 0. The molecule has 0 bridgehead atoms. The van der Waals surface area contributed by atoms with E-state index in [4.69, 9.17) is 0 Å². The topological polar surface area (TPSA) is 35.5 Å². The van der Waals surface area contributed by atoms with Crippen molar-refractivity contribution >= 4 is 11.4 Å². The van der Waals surface area contributed by atoms with E-state index in [1.54, 1.807) is 0 Å². The molecule has 1 saturated heterocycles. The Morgan fingerprint density at radius 1 is 1.04 bits per heavy atom. The molecule has 128 valence electrons. The van der Waals surface area contributed by atoms with E-state index < -0.39 is 0 Å². The Labute approximate surface area is 145 Å². The van der Waals surface area contributed by atoms with E-state index >= 15 is 0 Å². The second-order valence-electron chi connectivity index (χ2n) is 6.82. The van der Waals surface area contributed by atoms with Gasteiger partial charge < -0.3 is 15.3 Å². The molecule has 0 radical (unpaired) electrons. The molecule has 2 N–H and O–H groups in total. The molecule has 1 atom stereocenters. The Bertz CT molecular complexity index is 621. The van der Waals surface area contributed by atoms with Gasteiger partial charge in [0, 0.05) is 26.2 Å². The van der Waals surface area contributed by atoms with Crippen LogP contribution in [0.15, 0.2) is 54.6 Å². The third-order valence-corrected chi connectivity index (χ3v) is 5.08. The Morgan fingerprint density at radius 2 is 1.71 bits per heavy atom. The van der Waals surface area contributed by atoms with Gasteiger partial charge in [0.1, 0.15) is 0 Å². The highest BCUT2D eigenvalue weighted by Gasteiger charge is 2.20. The Kier molecular flexibility index (Phi) is 5.76. The largest absolute Gasteiger partial charge is 0.396 e. The van der Waals surface area contributed by atoms with Crippen molar-refractivity contribution in [3.63, 3.8) is 0 Å². The van der Waals surface area contributed by atoms with Crippen LogP contribution in [0.5, 0.6) is 0 Å². The maximum atomic E-state index is 9.33. The minimum Gasteiger partial charge on any atom is -0.396 e.